The molecule has 0 unspecified atom stereocenters. The third-order valence-electron chi connectivity index (χ3n) is 3.03. The minimum Gasteiger partial charge on any atom is -0.391 e. The standard InChI is InChI=1S/C12H15BrN2O3/c13-9-1-2-11(17)14(7-9)6-4-12(18)15-5-3-10(16)8-15/h1-2,7,10,16H,3-6,8H2/t10-/m1/s1. The van der Waals surface area contributed by atoms with Crippen LogP contribution in [0.1, 0.15) is 12.8 Å². The monoisotopic (exact) mass is 314 g/mol. The van der Waals surface area contributed by atoms with Crippen molar-refractivity contribution in [3.8, 4) is 0 Å². The fourth-order valence-corrected chi connectivity index (χ4v) is 2.40. The lowest BCUT2D eigenvalue weighted by Crippen LogP contribution is -2.31. The molecule has 0 radical (unpaired) electrons. The number of carbonyl (C=O) groups is 1. The summed E-state index contributed by atoms with van der Waals surface area (Å²) in [5.41, 5.74) is -0.118. The minimum atomic E-state index is -0.400. The van der Waals surface area contributed by atoms with E-state index in [0.29, 0.717) is 26.1 Å². The van der Waals surface area contributed by atoms with Crippen molar-refractivity contribution in [3.63, 3.8) is 0 Å². The van der Waals surface area contributed by atoms with E-state index in [4.69, 9.17) is 0 Å². The van der Waals surface area contributed by atoms with Crippen LogP contribution in [0, 0.1) is 0 Å². The van der Waals surface area contributed by atoms with Gasteiger partial charge in [-0.05, 0) is 28.4 Å². The van der Waals surface area contributed by atoms with E-state index in [2.05, 4.69) is 15.9 Å². The number of hydrogen-bond acceptors (Lipinski definition) is 3. The van der Waals surface area contributed by atoms with Crippen molar-refractivity contribution in [2.75, 3.05) is 13.1 Å². The Bertz CT molecular complexity index is 500. The Hall–Kier alpha value is -1.14. The Morgan fingerprint density at radius 1 is 1.50 bits per heavy atom. The van der Waals surface area contributed by atoms with Crippen LogP contribution < -0.4 is 5.56 Å². The molecule has 2 heterocycles. The summed E-state index contributed by atoms with van der Waals surface area (Å²) in [4.78, 5) is 25.0. The molecular formula is C12H15BrN2O3. The van der Waals surface area contributed by atoms with E-state index in [-0.39, 0.29) is 17.9 Å². The number of aryl methyl sites for hydroxylation is 1. The van der Waals surface area contributed by atoms with Gasteiger partial charge in [0.15, 0.2) is 0 Å². The van der Waals surface area contributed by atoms with Crippen LogP contribution in [0.3, 0.4) is 0 Å². The molecule has 6 heteroatoms. The smallest absolute Gasteiger partial charge is 0.250 e. The number of aromatic nitrogens is 1. The molecule has 0 aliphatic carbocycles. The van der Waals surface area contributed by atoms with Gasteiger partial charge in [0.1, 0.15) is 0 Å². The molecule has 1 fully saturated rings. The second kappa shape index (κ2) is 5.67. The first kappa shape index (κ1) is 13.3. The lowest BCUT2D eigenvalue weighted by atomic mass is 10.3. The summed E-state index contributed by atoms with van der Waals surface area (Å²) in [6.07, 6.45) is 2.20. The summed E-state index contributed by atoms with van der Waals surface area (Å²) in [7, 11) is 0. The van der Waals surface area contributed by atoms with Crippen molar-refractivity contribution in [3.05, 3.63) is 33.2 Å². The summed E-state index contributed by atoms with van der Waals surface area (Å²) < 4.78 is 2.32. The number of likely N-dealkylation sites (tertiary alicyclic amines) is 1. The van der Waals surface area contributed by atoms with Gasteiger partial charge in [-0.2, -0.15) is 0 Å². The summed E-state index contributed by atoms with van der Waals surface area (Å²) in [5.74, 6) is -0.0153. The van der Waals surface area contributed by atoms with Crippen LogP contribution in [0.4, 0.5) is 0 Å². The van der Waals surface area contributed by atoms with Crippen molar-refractivity contribution >= 4 is 21.8 Å². The summed E-state index contributed by atoms with van der Waals surface area (Å²) >= 11 is 3.29. The highest BCUT2D eigenvalue weighted by atomic mass is 79.9. The van der Waals surface area contributed by atoms with Gasteiger partial charge in [0.2, 0.25) is 5.91 Å². The predicted octanol–water partition coefficient (Wildman–Crippen LogP) is 0.594. The van der Waals surface area contributed by atoms with Gasteiger partial charge in [-0.15, -0.1) is 0 Å². The number of hydrogen-bond donors (Lipinski definition) is 1. The molecule has 1 saturated heterocycles. The molecule has 1 amide bonds. The third-order valence-corrected chi connectivity index (χ3v) is 3.50. The minimum absolute atomic E-state index is 0.0153. The van der Waals surface area contributed by atoms with Crippen molar-refractivity contribution < 1.29 is 9.90 Å². The Morgan fingerprint density at radius 2 is 2.28 bits per heavy atom. The number of aliphatic hydroxyl groups excluding tert-OH is 1. The van der Waals surface area contributed by atoms with Crippen molar-refractivity contribution in [1.29, 1.82) is 0 Å². The quantitative estimate of drug-likeness (QED) is 0.888. The first-order valence-corrected chi connectivity index (χ1v) is 6.67. The predicted molar refractivity (Wildman–Crippen MR) is 70.2 cm³/mol. The average molecular weight is 315 g/mol. The molecular weight excluding hydrogens is 300 g/mol. The molecule has 18 heavy (non-hydrogen) atoms. The molecule has 5 nitrogen and oxygen atoms in total. The van der Waals surface area contributed by atoms with Gasteiger partial charge in [0.25, 0.3) is 5.56 Å². The van der Waals surface area contributed by atoms with E-state index in [1.165, 1.54) is 10.6 Å². The van der Waals surface area contributed by atoms with Crippen LogP contribution in [0.2, 0.25) is 0 Å². The number of halogens is 1. The molecule has 98 valence electrons. The van der Waals surface area contributed by atoms with E-state index >= 15 is 0 Å². The highest BCUT2D eigenvalue weighted by Gasteiger charge is 2.23. The zero-order valence-corrected chi connectivity index (χ0v) is 11.5. The molecule has 1 aliphatic heterocycles. The fraction of sp³-hybridized carbons (Fsp3) is 0.500. The fourth-order valence-electron chi connectivity index (χ4n) is 2.02. The van der Waals surface area contributed by atoms with Gasteiger partial charge >= 0.3 is 0 Å². The van der Waals surface area contributed by atoms with Crippen LogP contribution in [0.15, 0.2) is 27.6 Å². The maximum Gasteiger partial charge on any atom is 0.250 e. The van der Waals surface area contributed by atoms with E-state index in [0.717, 1.165) is 4.47 Å². The van der Waals surface area contributed by atoms with Gasteiger partial charge in [0, 0.05) is 42.8 Å². The Kier molecular flexibility index (Phi) is 4.19. The highest BCUT2D eigenvalue weighted by Crippen LogP contribution is 2.11. The highest BCUT2D eigenvalue weighted by molar-refractivity contribution is 9.10. The largest absolute Gasteiger partial charge is 0.391 e. The zero-order valence-electron chi connectivity index (χ0n) is 9.88. The molecule has 2 rings (SSSR count). The lowest BCUT2D eigenvalue weighted by molar-refractivity contribution is -0.130. The lowest BCUT2D eigenvalue weighted by Gasteiger charge is -2.15. The first-order valence-electron chi connectivity index (χ1n) is 5.88. The van der Waals surface area contributed by atoms with E-state index < -0.39 is 6.10 Å². The normalized spacial score (nSPS) is 19.2. The van der Waals surface area contributed by atoms with E-state index in [1.807, 2.05) is 0 Å². The molecule has 1 N–H and O–H groups in total. The van der Waals surface area contributed by atoms with Gasteiger partial charge in [-0.25, -0.2) is 0 Å². The zero-order chi connectivity index (χ0) is 13.1. The average Bonchev–Trinajstić information content (AvgIpc) is 2.77. The molecule has 1 aromatic rings. The second-order valence-electron chi connectivity index (χ2n) is 4.41. The Labute approximate surface area is 113 Å². The molecule has 0 bridgehead atoms. The van der Waals surface area contributed by atoms with Crippen LogP contribution in [-0.2, 0) is 11.3 Å². The van der Waals surface area contributed by atoms with Gasteiger partial charge in [-0.1, -0.05) is 0 Å². The van der Waals surface area contributed by atoms with Crippen LogP contribution in [0.25, 0.3) is 0 Å². The van der Waals surface area contributed by atoms with E-state index in [1.54, 1.807) is 17.2 Å². The van der Waals surface area contributed by atoms with E-state index in [9.17, 15) is 14.7 Å². The maximum absolute atomic E-state index is 11.8. The Balaban J connectivity index is 1.93. The number of rotatable bonds is 3. The van der Waals surface area contributed by atoms with Crippen molar-refractivity contribution in [1.82, 2.24) is 9.47 Å². The van der Waals surface area contributed by atoms with Gasteiger partial charge in [-0.3, -0.25) is 9.59 Å². The SMILES string of the molecule is O=C(CCn1cc(Br)ccc1=O)N1CC[C@@H](O)C1. The van der Waals surface area contributed by atoms with Crippen molar-refractivity contribution in [2.24, 2.45) is 0 Å². The number of carbonyl (C=O) groups excluding carboxylic acids is 1. The molecule has 0 aromatic carbocycles. The summed E-state index contributed by atoms with van der Waals surface area (Å²) in [5, 5.41) is 9.36. The molecule has 0 saturated carbocycles. The number of aliphatic hydroxyl groups is 1. The molecule has 1 aliphatic rings. The van der Waals surface area contributed by atoms with Gasteiger partial charge < -0.3 is 14.6 Å². The molecule has 1 atom stereocenters. The number of amides is 1. The van der Waals surface area contributed by atoms with Crippen LogP contribution >= 0.6 is 15.9 Å². The second-order valence-corrected chi connectivity index (χ2v) is 5.33. The maximum atomic E-state index is 11.8. The molecule has 1 aromatic heterocycles. The summed E-state index contributed by atoms with van der Waals surface area (Å²) in [6, 6.07) is 3.14. The first-order chi connectivity index (χ1) is 8.56. The topological polar surface area (TPSA) is 62.5 Å². The third kappa shape index (κ3) is 3.20. The number of nitrogens with zero attached hydrogens (tertiary/aromatic N) is 2. The van der Waals surface area contributed by atoms with Gasteiger partial charge in [0.05, 0.1) is 6.10 Å². The van der Waals surface area contributed by atoms with Crippen LogP contribution in [0.5, 0.6) is 0 Å². The van der Waals surface area contributed by atoms with Crippen LogP contribution in [-0.4, -0.2) is 39.7 Å². The Morgan fingerprint density at radius 3 is 2.94 bits per heavy atom. The number of pyridine rings is 1. The summed E-state index contributed by atoms with van der Waals surface area (Å²) in [6.45, 7) is 1.38. The number of β-amino-alcohol motifs (C(OH)–C–C–N with tert-alkyl or cyclic N) is 1. The molecule has 0 spiro atoms. The van der Waals surface area contributed by atoms with Crippen molar-refractivity contribution in [2.45, 2.75) is 25.5 Å².